The minimum atomic E-state index is -1.07. The number of rotatable bonds is 4. The molecule has 0 amide bonds. The van der Waals surface area contributed by atoms with Crippen LogP contribution in [-0.2, 0) is 23.7 Å². The van der Waals surface area contributed by atoms with Gasteiger partial charge in [-0.25, -0.2) is 4.79 Å². The minimum absolute atomic E-state index is 0.0703. The van der Waals surface area contributed by atoms with Gasteiger partial charge in [-0.15, -0.1) is 0 Å². The molecule has 1 saturated heterocycles. The number of hydrogen-bond donors (Lipinski definition) is 3. The maximum atomic E-state index is 12.5. The van der Waals surface area contributed by atoms with E-state index in [0.717, 1.165) is 56.9 Å². The van der Waals surface area contributed by atoms with Crippen LogP contribution in [-0.4, -0.2) is 77.4 Å². The largest absolute Gasteiger partial charge is 0.458 e. The molecule has 40 heavy (non-hydrogen) atoms. The highest BCUT2D eigenvalue weighted by Gasteiger charge is 2.69. The summed E-state index contributed by atoms with van der Waals surface area (Å²) in [6.07, 6.45) is 5.19. The molecule has 2 aliphatic heterocycles. The van der Waals surface area contributed by atoms with E-state index in [9.17, 15) is 20.1 Å². The Hall–Kier alpha value is -1.03. The molecule has 5 fully saturated rings. The van der Waals surface area contributed by atoms with E-state index in [2.05, 4.69) is 27.7 Å². The van der Waals surface area contributed by atoms with E-state index in [1.807, 2.05) is 0 Å². The fraction of sp³-hybridized carbons (Fsp3) is 0.906. The van der Waals surface area contributed by atoms with Crippen LogP contribution in [0.2, 0.25) is 0 Å². The van der Waals surface area contributed by atoms with Crippen molar-refractivity contribution >= 4 is 5.97 Å². The number of carbonyl (C=O) groups is 1. The first-order valence-corrected chi connectivity index (χ1v) is 15.6. The molecule has 0 aromatic carbocycles. The van der Waals surface area contributed by atoms with E-state index in [1.165, 1.54) is 7.11 Å². The lowest BCUT2D eigenvalue weighted by atomic mass is 9.40. The van der Waals surface area contributed by atoms with Crippen LogP contribution in [0.3, 0.4) is 0 Å². The summed E-state index contributed by atoms with van der Waals surface area (Å²) >= 11 is 0. The molecule has 8 nitrogen and oxygen atoms in total. The molecule has 6 aliphatic rings. The maximum Gasteiger partial charge on any atom is 0.331 e. The second-order valence-electron chi connectivity index (χ2n) is 15.0. The average Bonchev–Trinajstić information content (AvgIpc) is 3.44. The Labute approximate surface area is 238 Å². The number of cyclic esters (lactones) is 1. The topological polar surface area (TPSA) is 115 Å². The predicted octanol–water partition coefficient (Wildman–Crippen LogP) is 3.75. The molecule has 8 heteroatoms. The first-order chi connectivity index (χ1) is 18.8. The van der Waals surface area contributed by atoms with Crippen molar-refractivity contribution in [3.63, 3.8) is 0 Å². The van der Waals surface area contributed by atoms with Crippen LogP contribution in [0.1, 0.15) is 86.0 Å². The molecular weight excluding hydrogens is 512 g/mol. The van der Waals surface area contributed by atoms with Gasteiger partial charge in [0.15, 0.2) is 6.29 Å². The second kappa shape index (κ2) is 9.75. The quantitative estimate of drug-likeness (QED) is 0.351. The highest BCUT2D eigenvalue weighted by atomic mass is 16.7. The molecule has 0 bridgehead atoms. The van der Waals surface area contributed by atoms with Gasteiger partial charge in [0, 0.05) is 18.6 Å². The molecule has 0 spiro atoms. The van der Waals surface area contributed by atoms with E-state index < -0.39 is 36.3 Å². The average molecular weight is 563 g/mol. The van der Waals surface area contributed by atoms with Gasteiger partial charge in [-0.2, -0.15) is 0 Å². The first kappa shape index (κ1) is 29.1. The van der Waals surface area contributed by atoms with Gasteiger partial charge in [-0.1, -0.05) is 27.7 Å². The smallest absolute Gasteiger partial charge is 0.331 e. The Bertz CT molecular complexity index is 1040. The van der Waals surface area contributed by atoms with Crippen molar-refractivity contribution in [1.29, 1.82) is 0 Å². The van der Waals surface area contributed by atoms with Gasteiger partial charge in [-0.05, 0) is 98.4 Å². The third-order valence-electron chi connectivity index (χ3n) is 13.2. The van der Waals surface area contributed by atoms with Crippen LogP contribution in [0.15, 0.2) is 11.6 Å². The summed E-state index contributed by atoms with van der Waals surface area (Å²) in [5.41, 5.74) is 0.0598. The summed E-state index contributed by atoms with van der Waals surface area (Å²) in [6, 6.07) is 0. The summed E-state index contributed by atoms with van der Waals surface area (Å²) in [4.78, 5) is 11.9. The molecule has 0 aromatic heterocycles. The number of aliphatic hydroxyl groups is 3. The second-order valence-corrected chi connectivity index (χ2v) is 15.0. The van der Waals surface area contributed by atoms with E-state index in [1.54, 1.807) is 13.0 Å². The predicted molar refractivity (Wildman–Crippen MR) is 147 cm³/mol. The third-order valence-corrected chi connectivity index (χ3v) is 13.2. The molecule has 6 rings (SSSR count). The van der Waals surface area contributed by atoms with E-state index >= 15 is 0 Å². The third kappa shape index (κ3) is 3.96. The Kier molecular flexibility index (Phi) is 7.08. The minimum Gasteiger partial charge on any atom is -0.458 e. The Balaban J connectivity index is 1.22. The number of esters is 1. The number of aliphatic hydroxyl groups excluding tert-OH is 2. The van der Waals surface area contributed by atoms with Crippen molar-refractivity contribution in [2.75, 3.05) is 13.7 Å². The lowest BCUT2D eigenvalue weighted by Crippen LogP contribution is -2.65. The summed E-state index contributed by atoms with van der Waals surface area (Å²) in [7, 11) is 1.52. The molecule has 2 heterocycles. The molecule has 13 atom stereocenters. The Morgan fingerprint density at radius 3 is 2.38 bits per heavy atom. The van der Waals surface area contributed by atoms with Gasteiger partial charge in [-0.3, -0.25) is 0 Å². The number of ether oxygens (including phenoxy) is 4. The van der Waals surface area contributed by atoms with E-state index in [0.29, 0.717) is 18.4 Å². The van der Waals surface area contributed by atoms with Gasteiger partial charge >= 0.3 is 5.97 Å². The maximum absolute atomic E-state index is 12.5. The van der Waals surface area contributed by atoms with Gasteiger partial charge in [0.25, 0.3) is 0 Å². The standard InChI is InChI=1S/C32H50O8/c1-17-25(34)26(35)27(37-6)28(39-17)40-23-11-12-30(4)20-9-13-31(5)19(18-15-24(33)38-16-18)10-14-32(31,36)21(20)7-8-22(30)29(23,2)3/h15,17,19-23,25-28,34-36H,7-14,16H2,1-6H3/t17-,19-,20+,21-,22-,23+,25+,26-,27-,28+,30-,31-,32+/m1/s1. The number of fused-ring (bicyclic) bond motifs is 5. The zero-order chi connectivity index (χ0) is 28.8. The number of carbonyl (C=O) groups excluding carboxylic acids is 1. The van der Waals surface area contributed by atoms with E-state index in [-0.39, 0.29) is 40.2 Å². The van der Waals surface area contributed by atoms with Crippen molar-refractivity contribution < 1.29 is 39.1 Å². The van der Waals surface area contributed by atoms with E-state index in [4.69, 9.17) is 18.9 Å². The fourth-order valence-electron chi connectivity index (χ4n) is 11.0. The zero-order valence-electron chi connectivity index (χ0n) is 25.1. The molecule has 4 saturated carbocycles. The first-order valence-electron chi connectivity index (χ1n) is 15.6. The summed E-state index contributed by atoms with van der Waals surface area (Å²) in [5, 5.41) is 33.5. The van der Waals surface area contributed by atoms with Crippen LogP contribution in [0.5, 0.6) is 0 Å². The Morgan fingerprint density at radius 2 is 1.70 bits per heavy atom. The molecule has 226 valence electrons. The number of methoxy groups -OCH3 is 1. The molecule has 0 radical (unpaired) electrons. The van der Waals surface area contributed by atoms with Crippen molar-refractivity contribution in [3.05, 3.63) is 11.6 Å². The molecule has 0 unspecified atom stereocenters. The SMILES string of the molecule is CO[C@H]1[C@H](O[C@H]2CC[C@@]3(C)[C@H](CC[C@@H]4[C@@H]3CC[C@]3(C)[C@@H](C5=CC(=O)OC5)CC[C@]43O)C2(C)C)O[C@H](C)[C@H](O)[C@H]1O. The van der Waals surface area contributed by atoms with Crippen molar-refractivity contribution in [2.24, 2.45) is 39.9 Å². The Morgan fingerprint density at radius 1 is 0.950 bits per heavy atom. The van der Waals surface area contributed by atoms with Gasteiger partial charge < -0.3 is 34.3 Å². The van der Waals surface area contributed by atoms with Gasteiger partial charge in [0.2, 0.25) is 0 Å². The highest BCUT2D eigenvalue weighted by Crippen LogP contribution is 2.71. The van der Waals surface area contributed by atoms with Crippen LogP contribution in [0.4, 0.5) is 0 Å². The van der Waals surface area contributed by atoms with Crippen LogP contribution >= 0.6 is 0 Å². The normalized spacial score (nSPS) is 53.7. The lowest BCUT2D eigenvalue weighted by Gasteiger charge is -2.67. The van der Waals surface area contributed by atoms with Gasteiger partial charge in [0.05, 0.1) is 17.8 Å². The summed E-state index contributed by atoms with van der Waals surface area (Å²) in [6.45, 7) is 11.5. The zero-order valence-corrected chi connectivity index (χ0v) is 25.1. The molecule has 0 aromatic rings. The van der Waals surface area contributed by atoms with Gasteiger partial charge in [0.1, 0.15) is 24.9 Å². The van der Waals surface area contributed by atoms with Crippen molar-refractivity contribution in [2.45, 2.75) is 128 Å². The molecule has 3 N–H and O–H groups in total. The fourth-order valence-corrected chi connectivity index (χ4v) is 11.0. The monoisotopic (exact) mass is 562 g/mol. The van der Waals surface area contributed by atoms with Crippen molar-refractivity contribution in [1.82, 2.24) is 0 Å². The summed E-state index contributed by atoms with van der Waals surface area (Å²) in [5.74, 6) is 1.07. The molecular formula is C32H50O8. The van der Waals surface area contributed by atoms with Crippen LogP contribution in [0.25, 0.3) is 0 Å². The lowest BCUT2D eigenvalue weighted by molar-refractivity contribution is -0.328. The number of hydrogen-bond acceptors (Lipinski definition) is 8. The van der Waals surface area contributed by atoms with Crippen molar-refractivity contribution in [3.8, 4) is 0 Å². The summed E-state index contributed by atoms with van der Waals surface area (Å²) < 4.78 is 23.5. The van der Waals surface area contributed by atoms with Crippen LogP contribution < -0.4 is 0 Å². The molecule has 4 aliphatic carbocycles. The highest BCUT2D eigenvalue weighted by molar-refractivity contribution is 5.85. The van der Waals surface area contributed by atoms with Crippen LogP contribution in [0, 0.1) is 39.9 Å².